The van der Waals surface area contributed by atoms with Crippen molar-refractivity contribution in [1.29, 1.82) is 0 Å². The molecule has 0 amide bonds. The van der Waals surface area contributed by atoms with Gasteiger partial charge in [-0.1, -0.05) is 116 Å². The molecule has 2 N–H and O–H groups in total. The lowest BCUT2D eigenvalue weighted by Gasteiger charge is -2.24. The first-order valence-corrected chi connectivity index (χ1v) is 22.7. The molecule has 0 spiro atoms. The first-order valence-electron chi connectivity index (χ1n) is 21.2. The lowest BCUT2D eigenvalue weighted by Crippen LogP contribution is -2.37. The molecule has 17 heteroatoms. The average molecular weight is 829 g/mol. The molecule has 1 aromatic carbocycles. The topological polar surface area (TPSA) is 202 Å². The summed E-state index contributed by atoms with van der Waals surface area (Å²) in [5.41, 5.74) is 0.939. The number of nitrogens with one attached hydrogen (secondary N) is 1. The molecule has 0 aliphatic rings. The number of nitrogens with zero attached hydrogens (tertiary/aromatic N) is 4. The van der Waals surface area contributed by atoms with E-state index in [9.17, 15) is 29.2 Å². The second kappa shape index (κ2) is 29.1. The number of carbonyl (C=O) groups excluding carboxylic acids is 2. The summed E-state index contributed by atoms with van der Waals surface area (Å²) in [6.45, 7) is 2.67. The number of nitro groups is 1. The van der Waals surface area contributed by atoms with Crippen molar-refractivity contribution in [2.45, 2.75) is 154 Å². The number of hydrogen-bond donors (Lipinski definition) is 2. The van der Waals surface area contributed by atoms with Crippen LogP contribution in [0.1, 0.15) is 148 Å². The minimum atomic E-state index is -4.41. The highest BCUT2D eigenvalue weighted by Gasteiger charge is 2.27. The number of unbranched alkanes of at least 4 members (excludes halogenated alkanes) is 18. The van der Waals surface area contributed by atoms with Crippen LogP contribution < -0.4 is 5.32 Å². The number of phosphoric acid groups is 1. The Hall–Kier alpha value is -3.17. The van der Waals surface area contributed by atoms with Gasteiger partial charge in [-0.05, 0) is 35.6 Å². The van der Waals surface area contributed by atoms with Gasteiger partial charge >= 0.3 is 25.4 Å². The quantitative estimate of drug-likeness (QED) is 0.0164. The first kappa shape index (κ1) is 50.0. The molecule has 0 radical (unpaired) electrons. The van der Waals surface area contributed by atoms with Gasteiger partial charge in [-0.3, -0.25) is 28.8 Å². The van der Waals surface area contributed by atoms with Crippen LogP contribution in [-0.2, 0) is 32.7 Å². The molecule has 1 aromatic heterocycles. The SMILES string of the molecule is CCCCCCCCCCCCCCCC(=O)O[C@H](COC(=O)CCCCCCCCCNc1ccc([N+](=O)[O-])c2nonc12)COP(=O)(O)OCC[N+](C)(C)C. The fourth-order valence-corrected chi connectivity index (χ4v) is 6.94. The van der Waals surface area contributed by atoms with Crippen LogP contribution in [0.15, 0.2) is 16.8 Å². The Kier molecular flexibility index (Phi) is 25.5. The van der Waals surface area contributed by atoms with E-state index in [1.807, 2.05) is 21.1 Å². The van der Waals surface area contributed by atoms with Crippen LogP contribution in [0.25, 0.3) is 11.0 Å². The smallest absolute Gasteiger partial charge is 0.462 e. The lowest BCUT2D eigenvalue weighted by atomic mass is 10.0. The standard InChI is InChI=1S/C40H70N5O11P/c1-5-6-7-8-9-10-11-12-13-14-16-20-23-26-38(47)55-34(33-54-57(50,51)53-31-30-45(2,3)4)32-52-37(46)25-22-19-17-15-18-21-24-29-41-35-27-28-36(44(48)49)40-39(35)42-56-43-40/h27-28,34H,5-26,29-33H2,1-4H3,(H-,41,43,50,51)/p+1/t34-/m1/s1. The number of nitro benzene ring substituents is 1. The Balaban J connectivity index is 1.63. The van der Waals surface area contributed by atoms with E-state index >= 15 is 0 Å². The van der Waals surface area contributed by atoms with E-state index in [4.69, 9.17) is 23.2 Å². The predicted octanol–water partition coefficient (Wildman–Crippen LogP) is 9.44. The number of phosphoric ester groups is 1. The number of fused-ring (bicyclic) bond motifs is 1. The number of esters is 2. The van der Waals surface area contributed by atoms with Crippen LogP contribution in [0.3, 0.4) is 0 Å². The minimum absolute atomic E-state index is 0.00289. The van der Waals surface area contributed by atoms with Crippen LogP contribution in [0, 0.1) is 10.1 Å². The third kappa shape index (κ3) is 24.4. The van der Waals surface area contributed by atoms with Gasteiger partial charge in [0.25, 0.3) is 0 Å². The van der Waals surface area contributed by atoms with Gasteiger partial charge in [0.15, 0.2) is 11.6 Å². The van der Waals surface area contributed by atoms with Gasteiger partial charge in [0.05, 0.1) is 38.4 Å². The zero-order valence-electron chi connectivity index (χ0n) is 35.1. The summed E-state index contributed by atoms with van der Waals surface area (Å²) in [5.74, 6) is -0.902. The molecule has 16 nitrogen and oxygen atoms in total. The van der Waals surface area contributed by atoms with E-state index in [1.165, 1.54) is 63.9 Å². The molecule has 0 bridgehead atoms. The number of hydrogen-bond acceptors (Lipinski definition) is 13. The molecular formula is C40H71N5O11P+. The van der Waals surface area contributed by atoms with Crippen molar-refractivity contribution < 1.29 is 51.6 Å². The normalized spacial score (nSPS) is 13.4. The molecule has 0 saturated heterocycles. The second-order valence-electron chi connectivity index (χ2n) is 15.9. The highest BCUT2D eigenvalue weighted by molar-refractivity contribution is 7.47. The average Bonchev–Trinajstić information content (AvgIpc) is 3.65. The summed E-state index contributed by atoms with van der Waals surface area (Å²) < 4.78 is 38.9. The molecule has 1 unspecified atom stereocenters. The molecule has 2 aromatic rings. The molecule has 2 atom stereocenters. The molecule has 2 rings (SSSR count). The number of rotatable bonds is 36. The Morgan fingerprint density at radius 2 is 1.32 bits per heavy atom. The monoisotopic (exact) mass is 828 g/mol. The Morgan fingerprint density at radius 3 is 1.88 bits per heavy atom. The maximum atomic E-state index is 12.7. The van der Waals surface area contributed by atoms with E-state index in [0.717, 1.165) is 57.8 Å². The number of likely N-dealkylation sites (N-methyl/N-ethyl adjacent to an activating group) is 1. The molecule has 0 aliphatic heterocycles. The minimum Gasteiger partial charge on any atom is -0.462 e. The second-order valence-corrected chi connectivity index (χ2v) is 17.4. The number of quaternary nitrogens is 1. The van der Waals surface area contributed by atoms with Crippen LogP contribution in [-0.4, -0.2) is 96.7 Å². The van der Waals surface area contributed by atoms with Crippen molar-refractivity contribution in [1.82, 2.24) is 10.3 Å². The fourth-order valence-electron chi connectivity index (χ4n) is 6.20. The molecule has 326 valence electrons. The zero-order chi connectivity index (χ0) is 41.8. The third-order valence-electron chi connectivity index (χ3n) is 9.62. The maximum Gasteiger partial charge on any atom is 0.472 e. The van der Waals surface area contributed by atoms with Crippen molar-refractivity contribution in [3.63, 3.8) is 0 Å². The molecule has 0 saturated carbocycles. The Morgan fingerprint density at radius 1 is 0.789 bits per heavy atom. The molecular weight excluding hydrogens is 757 g/mol. The number of benzene rings is 1. The van der Waals surface area contributed by atoms with Crippen LogP contribution in [0.4, 0.5) is 11.4 Å². The van der Waals surface area contributed by atoms with Gasteiger partial charge in [-0.25, -0.2) is 9.19 Å². The van der Waals surface area contributed by atoms with Crippen molar-refractivity contribution >= 4 is 42.2 Å². The number of non-ortho nitro benzene ring substituents is 1. The summed E-state index contributed by atoms with van der Waals surface area (Å²) >= 11 is 0. The van der Waals surface area contributed by atoms with Gasteiger partial charge in [0.1, 0.15) is 19.8 Å². The van der Waals surface area contributed by atoms with Crippen molar-refractivity contribution in [3.8, 4) is 0 Å². The van der Waals surface area contributed by atoms with Gasteiger partial charge in [0, 0.05) is 25.5 Å². The molecule has 0 fully saturated rings. The molecule has 57 heavy (non-hydrogen) atoms. The summed E-state index contributed by atoms with van der Waals surface area (Å²) in [6, 6.07) is 2.99. The van der Waals surface area contributed by atoms with Crippen LogP contribution >= 0.6 is 7.82 Å². The summed E-state index contributed by atoms with van der Waals surface area (Å²) in [7, 11) is 1.37. The summed E-state index contributed by atoms with van der Waals surface area (Å²) in [6.07, 6.45) is 21.3. The largest absolute Gasteiger partial charge is 0.472 e. The van der Waals surface area contributed by atoms with Crippen LogP contribution in [0.5, 0.6) is 0 Å². The van der Waals surface area contributed by atoms with Gasteiger partial charge in [-0.15, -0.1) is 0 Å². The van der Waals surface area contributed by atoms with E-state index < -0.39 is 37.4 Å². The fraction of sp³-hybridized carbons (Fsp3) is 0.800. The summed E-state index contributed by atoms with van der Waals surface area (Å²) in [4.78, 5) is 46.0. The van der Waals surface area contributed by atoms with E-state index in [0.29, 0.717) is 41.6 Å². The van der Waals surface area contributed by atoms with E-state index in [1.54, 1.807) is 6.07 Å². The van der Waals surface area contributed by atoms with Crippen molar-refractivity contribution in [2.75, 3.05) is 59.4 Å². The van der Waals surface area contributed by atoms with E-state index in [-0.39, 0.29) is 37.3 Å². The van der Waals surface area contributed by atoms with Crippen molar-refractivity contribution in [2.24, 2.45) is 0 Å². The number of aromatic nitrogens is 2. The highest BCUT2D eigenvalue weighted by atomic mass is 31.2. The third-order valence-corrected chi connectivity index (χ3v) is 10.6. The van der Waals surface area contributed by atoms with Crippen LogP contribution in [0.2, 0.25) is 0 Å². The first-order chi connectivity index (χ1) is 27.3. The molecule has 0 aliphatic carbocycles. The van der Waals surface area contributed by atoms with Gasteiger partial charge < -0.3 is 24.2 Å². The lowest BCUT2D eigenvalue weighted by molar-refractivity contribution is -0.870. The Bertz CT molecular complexity index is 1470. The number of ether oxygens (including phenoxy) is 2. The van der Waals surface area contributed by atoms with E-state index in [2.05, 4.69) is 22.6 Å². The van der Waals surface area contributed by atoms with Gasteiger partial charge in [-0.2, -0.15) is 0 Å². The van der Waals surface area contributed by atoms with Gasteiger partial charge in [0.2, 0.25) is 5.52 Å². The maximum absolute atomic E-state index is 12.7. The Labute approximate surface area is 339 Å². The zero-order valence-corrected chi connectivity index (χ0v) is 36.0. The van der Waals surface area contributed by atoms with Crippen molar-refractivity contribution in [3.05, 3.63) is 22.2 Å². The number of anilines is 1. The number of carbonyl (C=O) groups is 2. The predicted molar refractivity (Wildman–Crippen MR) is 220 cm³/mol. The molecule has 1 heterocycles. The summed E-state index contributed by atoms with van der Waals surface area (Å²) in [5, 5.41) is 21.8. The highest BCUT2D eigenvalue weighted by Crippen LogP contribution is 2.43.